The van der Waals surface area contributed by atoms with Crippen molar-refractivity contribution in [2.45, 2.75) is 32.7 Å². The standard InChI is InChI=1S/C16H21N3O/c1-4-13(17)10-14-8-11(2)18-16(19-14)12-6-5-7-15(9-12)20-3/h5-9,13H,4,10,17H2,1-3H3. The molecule has 1 aromatic carbocycles. The molecule has 1 unspecified atom stereocenters. The van der Waals surface area contributed by atoms with Crippen LogP contribution >= 0.6 is 0 Å². The van der Waals surface area contributed by atoms with E-state index in [0.717, 1.165) is 41.4 Å². The van der Waals surface area contributed by atoms with E-state index in [0.29, 0.717) is 0 Å². The molecule has 1 atom stereocenters. The summed E-state index contributed by atoms with van der Waals surface area (Å²) in [5.74, 6) is 1.53. The molecule has 20 heavy (non-hydrogen) atoms. The summed E-state index contributed by atoms with van der Waals surface area (Å²) in [6.07, 6.45) is 1.72. The highest BCUT2D eigenvalue weighted by atomic mass is 16.5. The number of hydrogen-bond acceptors (Lipinski definition) is 4. The van der Waals surface area contributed by atoms with E-state index in [1.807, 2.05) is 37.3 Å². The van der Waals surface area contributed by atoms with Crippen LogP contribution in [0.25, 0.3) is 11.4 Å². The Labute approximate surface area is 120 Å². The molecule has 0 amide bonds. The molecule has 0 spiro atoms. The smallest absolute Gasteiger partial charge is 0.159 e. The molecule has 1 aromatic heterocycles. The molecule has 0 bridgehead atoms. The fraction of sp³-hybridized carbons (Fsp3) is 0.375. The maximum atomic E-state index is 6.01. The fourth-order valence-corrected chi connectivity index (χ4v) is 2.04. The molecule has 0 aliphatic heterocycles. The molecule has 4 nitrogen and oxygen atoms in total. The minimum Gasteiger partial charge on any atom is -0.497 e. The first-order valence-corrected chi connectivity index (χ1v) is 6.87. The number of ether oxygens (including phenoxy) is 1. The zero-order chi connectivity index (χ0) is 14.5. The first-order chi connectivity index (χ1) is 9.62. The third kappa shape index (κ3) is 3.54. The van der Waals surface area contributed by atoms with Crippen molar-refractivity contribution in [2.24, 2.45) is 5.73 Å². The Morgan fingerprint density at radius 2 is 2.05 bits per heavy atom. The Morgan fingerprint density at radius 3 is 2.75 bits per heavy atom. The number of benzene rings is 1. The van der Waals surface area contributed by atoms with E-state index in [-0.39, 0.29) is 6.04 Å². The number of nitrogens with two attached hydrogens (primary N) is 1. The zero-order valence-corrected chi connectivity index (χ0v) is 12.3. The second-order valence-corrected chi connectivity index (χ2v) is 4.93. The topological polar surface area (TPSA) is 61.0 Å². The van der Waals surface area contributed by atoms with E-state index >= 15 is 0 Å². The molecular formula is C16H21N3O. The molecule has 1 heterocycles. The van der Waals surface area contributed by atoms with Gasteiger partial charge in [0, 0.05) is 29.4 Å². The lowest BCUT2D eigenvalue weighted by Gasteiger charge is -2.10. The summed E-state index contributed by atoms with van der Waals surface area (Å²) in [6, 6.07) is 9.92. The molecule has 0 aliphatic rings. The summed E-state index contributed by atoms with van der Waals surface area (Å²) < 4.78 is 5.24. The maximum absolute atomic E-state index is 6.01. The predicted octanol–water partition coefficient (Wildman–Crippen LogP) is 2.74. The van der Waals surface area contributed by atoms with Crippen molar-refractivity contribution in [1.82, 2.24) is 9.97 Å². The van der Waals surface area contributed by atoms with Crippen molar-refractivity contribution in [3.05, 3.63) is 41.7 Å². The molecule has 0 radical (unpaired) electrons. The van der Waals surface area contributed by atoms with Crippen LogP contribution in [0.2, 0.25) is 0 Å². The highest BCUT2D eigenvalue weighted by Crippen LogP contribution is 2.21. The number of aromatic nitrogens is 2. The average molecular weight is 271 g/mol. The molecule has 0 aliphatic carbocycles. The van der Waals surface area contributed by atoms with Gasteiger partial charge >= 0.3 is 0 Å². The first kappa shape index (κ1) is 14.5. The van der Waals surface area contributed by atoms with E-state index in [9.17, 15) is 0 Å². The molecule has 2 N–H and O–H groups in total. The fourth-order valence-electron chi connectivity index (χ4n) is 2.04. The molecule has 0 saturated heterocycles. The van der Waals surface area contributed by atoms with Gasteiger partial charge in [0.25, 0.3) is 0 Å². The van der Waals surface area contributed by atoms with E-state index in [1.165, 1.54) is 0 Å². The molecule has 2 aromatic rings. The Balaban J connectivity index is 2.35. The highest BCUT2D eigenvalue weighted by Gasteiger charge is 2.08. The van der Waals surface area contributed by atoms with Crippen molar-refractivity contribution in [3.8, 4) is 17.1 Å². The SMILES string of the molecule is CCC(N)Cc1cc(C)nc(-c2cccc(OC)c2)n1. The predicted molar refractivity (Wildman–Crippen MR) is 80.7 cm³/mol. The monoisotopic (exact) mass is 271 g/mol. The summed E-state index contributed by atoms with van der Waals surface area (Å²) in [6.45, 7) is 4.06. The molecule has 4 heteroatoms. The van der Waals surface area contributed by atoms with Gasteiger partial charge in [0.15, 0.2) is 5.82 Å². The summed E-state index contributed by atoms with van der Waals surface area (Å²) in [5.41, 5.74) is 8.91. The third-order valence-electron chi connectivity index (χ3n) is 3.23. The first-order valence-electron chi connectivity index (χ1n) is 6.87. The average Bonchev–Trinajstić information content (AvgIpc) is 2.46. The van der Waals surface area contributed by atoms with Crippen LogP contribution in [0.1, 0.15) is 24.7 Å². The molecule has 0 saturated carbocycles. The van der Waals surface area contributed by atoms with Crippen LogP contribution in [0.5, 0.6) is 5.75 Å². The normalized spacial score (nSPS) is 12.2. The van der Waals surface area contributed by atoms with Crippen LogP contribution in [0.3, 0.4) is 0 Å². The third-order valence-corrected chi connectivity index (χ3v) is 3.23. The quantitative estimate of drug-likeness (QED) is 0.908. The van der Waals surface area contributed by atoms with Crippen LogP contribution in [0.15, 0.2) is 30.3 Å². The van der Waals surface area contributed by atoms with Crippen molar-refractivity contribution < 1.29 is 4.74 Å². The largest absolute Gasteiger partial charge is 0.497 e. The summed E-state index contributed by atoms with van der Waals surface area (Å²) in [5, 5.41) is 0. The summed E-state index contributed by atoms with van der Waals surface area (Å²) in [4.78, 5) is 9.13. The van der Waals surface area contributed by atoms with Crippen LogP contribution in [-0.4, -0.2) is 23.1 Å². The lowest BCUT2D eigenvalue weighted by Crippen LogP contribution is -2.22. The van der Waals surface area contributed by atoms with Crippen LogP contribution in [0, 0.1) is 6.92 Å². The molecule has 2 rings (SSSR count). The van der Waals surface area contributed by atoms with Gasteiger partial charge in [-0.3, -0.25) is 0 Å². The van der Waals surface area contributed by atoms with E-state index in [1.54, 1.807) is 7.11 Å². The van der Waals surface area contributed by atoms with Gasteiger partial charge in [0.05, 0.1) is 7.11 Å². The van der Waals surface area contributed by atoms with Gasteiger partial charge in [-0.25, -0.2) is 9.97 Å². The number of methoxy groups -OCH3 is 1. The van der Waals surface area contributed by atoms with Gasteiger partial charge in [-0.1, -0.05) is 19.1 Å². The zero-order valence-electron chi connectivity index (χ0n) is 12.3. The van der Waals surface area contributed by atoms with E-state index in [4.69, 9.17) is 10.5 Å². The van der Waals surface area contributed by atoms with Crippen molar-refractivity contribution >= 4 is 0 Å². The van der Waals surface area contributed by atoms with E-state index < -0.39 is 0 Å². The molecule has 0 fully saturated rings. The lowest BCUT2D eigenvalue weighted by atomic mass is 10.1. The van der Waals surface area contributed by atoms with Crippen LogP contribution in [-0.2, 0) is 6.42 Å². The Bertz CT molecular complexity index is 584. The van der Waals surface area contributed by atoms with Gasteiger partial charge in [0.1, 0.15) is 5.75 Å². The van der Waals surface area contributed by atoms with Gasteiger partial charge in [-0.2, -0.15) is 0 Å². The minimum absolute atomic E-state index is 0.141. The van der Waals surface area contributed by atoms with Crippen LogP contribution in [0.4, 0.5) is 0 Å². The van der Waals surface area contributed by atoms with Gasteiger partial charge in [0.2, 0.25) is 0 Å². The number of rotatable bonds is 5. The maximum Gasteiger partial charge on any atom is 0.159 e. The van der Waals surface area contributed by atoms with E-state index in [2.05, 4.69) is 16.9 Å². The Hall–Kier alpha value is -1.94. The van der Waals surface area contributed by atoms with Crippen molar-refractivity contribution in [1.29, 1.82) is 0 Å². The number of aryl methyl sites for hydroxylation is 1. The van der Waals surface area contributed by atoms with Crippen molar-refractivity contribution in [3.63, 3.8) is 0 Å². The molecular weight excluding hydrogens is 250 g/mol. The highest BCUT2D eigenvalue weighted by molar-refractivity contribution is 5.57. The number of hydrogen-bond donors (Lipinski definition) is 1. The summed E-state index contributed by atoms with van der Waals surface area (Å²) >= 11 is 0. The van der Waals surface area contributed by atoms with Crippen molar-refractivity contribution in [2.75, 3.05) is 7.11 Å². The van der Waals surface area contributed by atoms with Crippen LogP contribution < -0.4 is 10.5 Å². The van der Waals surface area contributed by atoms with Gasteiger partial charge < -0.3 is 10.5 Å². The number of nitrogens with zero attached hydrogens (tertiary/aromatic N) is 2. The summed E-state index contributed by atoms with van der Waals surface area (Å²) in [7, 11) is 1.65. The Kier molecular flexibility index (Phi) is 4.69. The van der Waals surface area contributed by atoms with Gasteiger partial charge in [-0.05, 0) is 31.5 Å². The minimum atomic E-state index is 0.141. The van der Waals surface area contributed by atoms with Gasteiger partial charge in [-0.15, -0.1) is 0 Å². The second-order valence-electron chi connectivity index (χ2n) is 4.93. The molecule has 106 valence electrons. The Morgan fingerprint density at radius 1 is 1.25 bits per heavy atom. The lowest BCUT2D eigenvalue weighted by molar-refractivity contribution is 0.415. The second kappa shape index (κ2) is 6.48.